The SMILES string of the molecule is N#CC[C@@H](N[C@@H]1CCCN2C(=O)COc3cccc(F)c3C3CCC(CC3)OC[C@@H]12)C(F)(F)F. The maximum absolute atomic E-state index is 14.7. The van der Waals surface area contributed by atoms with Gasteiger partial charge in [-0.05, 0) is 56.6 Å². The highest BCUT2D eigenvalue weighted by molar-refractivity contribution is 5.78. The highest BCUT2D eigenvalue weighted by Crippen LogP contribution is 2.40. The van der Waals surface area contributed by atoms with E-state index in [1.54, 1.807) is 18.2 Å². The lowest BCUT2D eigenvalue weighted by atomic mass is 9.82. The first-order valence-electron chi connectivity index (χ1n) is 11.8. The lowest BCUT2D eigenvalue weighted by Gasteiger charge is -2.43. The van der Waals surface area contributed by atoms with Crippen LogP contribution in [0.3, 0.4) is 0 Å². The summed E-state index contributed by atoms with van der Waals surface area (Å²) in [6, 6.07) is 2.90. The Kier molecular flexibility index (Phi) is 7.63. The molecule has 34 heavy (non-hydrogen) atoms. The summed E-state index contributed by atoms with van der Waals surface area (Å²) >= 11 is 0. The Morgan fingerprint density at radius 1 is 1.21 bits per heavy atom. The van der Waals surface area contributed by atoms with Gasteiger partial charge in [0, 0.05) is 18.2 Å². The molecule has 1 aliphatic carbocycles. The fourth-order valence-electron chi connectivity index (χ4n) is 5.40. The fraction of sp³-hybridized carbons (Fsp3) is 0.667. The number of rotatable bonds is 3. The van der Waals surface area contributed by atoms with E-state index in [1.165, 1.54) is 11.0 Å². The number of nitriles is 1. The summed E-state index contributed by atoms with van der Waals surface area (Å²) < 4.78 is 67.1. The van der Waals surface area contributed by atoms with Gasteiger partial charge in [0.05, 0.1) is 31.2 Å². The van der Waals surface area contributed by atoms with E-state index in [1.807, 2.05) is 0 Å². The van der Waals surface area contributed by atoms with Crippen molar-refractivity contribution in [3.8, 4) is 11.8 Å². The summed E-state index contributed by atoms with van der Waals surface area (Å²) in [5.41, 5.74) is 0.479. The minimum atomic E-state index is -4.58. The Morgan fingerprint density at radius 3 is 2.68 bits per heavy atom. The molecule has 1 aromatic rings. The number of ether oxygens (including phenoxy) is 2. The lowest BCUT2D eigenvalue weighted by molar-refractivity contribution is -0.161. The van der Waals surface area contributed by atoms with Crippen LogP contribution in [-0.4, -0.2) is 61.0 Å². The van der Waals surface area contributed by atoms with E-state index in [-0.39, 0.29) is 37.0 Å². The molecule has 2 fully saturated rings. The van der Waals surface area contributed by atoms with Gasteiger partial charge in [-0.15, -0.1) is 0 Å². The molecule has 186 valence electrons. The first-order chi connectivity index (χ1) is 16.3. The molecule has 5 rings (SSSR count). The normalized spacial score (nSPS) is 28.9. The molecule has 3 atom stereocenters. The van der Waals surface area contributed by atoms with Crippen LogP contribution in [-0.2, 0) is 9.53 Å². The minimum absolute atomic E-state index is 0.0394. The number of hydrogen-bond donors (Lipinski definition) is 1. The van der Waals surface area contributed by atoms with Crippen molar-refractivity contribution in [3.63, 3.8) is 0 Å². The van der Waals surface area contributed by atoms with Crippen molar-refractivity contribution in [2.75, 3.05) is 19.8 Å². The maximum Gasteiger partial charge on any atom is 0.404 e. The molecule has 1 saturated heterocycles. The van der Waals surface area contributed by atoms with Gasteiger partial charge in [0.1, 0.15) is 17.6 Å². The summed E-state index contributed by atoms with van der Waals surface area (Å²) in [6.45, 7) is 0.126. The van der Waals surface area contributed by atoms with E-state index >= 15 is 0 Å². The molecule has 0 unspecified atom stereocenters. The van der Waals surface area contributed by atoms with E-state index in [2.05, 4.69) is 5.32 Å². The van der Waals surface area contributed by atoms with Crippen LogP contribution in [0.2, 0.25) is 0 Å². The molecule has 1 amide bonds. The second-order valence-corrected chi connectivity index (χ2v) is 9.27. The fourth-order valence-corrected chi connectivity index (χ4v) is 5.40. The number of hydrogen-bond acceptors (Lipinski definition) is 5. The third-order valence-electron chi connectivity index (χ3n) is 7.15. The third kappa shape index (κ3) is 5.47. The van der Waals surface area contributed by atoms with Crippen LogP contribution in [0.25, 0.3) is 0 Å². The molecular weight excluding hydrogens is 454 g/mol. The van der Waals surface area contributed by atoms with E-state index < -0.39 is 30.7 Å². The molecule has 0 spiro atoms. The van der Waals surface area contributed by atoms with Crippen LogP contribution >= 0.6 is 0 Å². The van der Waals surface area contributed by atoms with Crippen molar-refractivity contribution < 1.29 is 31.8 Å². The van der Waals surface area contributed by atoms with Crippen molar-refractivity contribution >= 4 is 5.91 Å². The zero-order valence-corrected chi connectivity index (χ0v) is 18.8. The van der Waals surface area contributed by atoms with Gasteiger partial charge in [0.2, 0.25) is 0 Å². The van der Waals surface area contributed by atoms with Crippen molar-refractivity contribution in [3.05, 3.63) is 29.6 Å². The van der Waals surface area contributed by atoms with Gasteiger partial charge < -0.3 is 19.7 Å². The van der Waals surface area contributed by atoms with E-state index in [4.69, 9.17) is 14.7 Å². The number of carbonyl (C=O) groups excluding carboxylic acids is 1. The zero-order chi connectivity index (χ0) is 24.3. The summed E-state index contributed by atoms with van der Waals surface area (Å²) in [4.78, 5) is 14.6. The largest absolute Gasteiger partial charge is 0.483 e. The van der Waals surface area contributed by atoms with Crippen LogP contribution in [0, 0.1) is 17.1 Å². The number of alkyl halides is 3. The Labute approximate surface area is 196 Å². The summed E-state index contributed by atoms with van der Waals surface area (Å²) in [5.74, 6) is -0.445. The molecule has 1 saturated carbocycles. The standard InChI is InChI=1S/C24H29F4N3O3/c25-17-3-1-5-20-23(17)15-6-8-16(9-7-15)33-13-19-18(30-21(10-11-29)24(26,27)28)4-2-12-31(19)22(32)14-34-20/h1,3,5,15-16,18-19,21,30H,2,4,6-10,12-14H2/t15?,16?,18-,19+,21-/m1/s1. The molecule has 1 N–H and O–H groups in total. The Hall–Kier alpha value is -2.38. The Balaban J connectivity index is 1.60. The van der Waals surface area contributed by atoms with Gasteiger partial charge in [0.15, 0.2) is 6.61 Å². The quantitative estimate of drug-likeness (QED) is 0.657. The van der Waals surface area contributed by atoms with Gasteiger partial charge in [-0.2, -0.15) is 18.4 Å². The van der Waals surface area contributed by atoms with Crippen LogP contribution in [0.15, 0.2) is 18.2 Å². The van der Waals surface area contributed by atoms with Crippen molar-refractivity contribution in [1.82, 2.24) is 10.2 Å². The number of nitrogens with one attached hydrogen (secondary N) is 1. The maximum atomic E-state index is 14.7. The highest BCUT2D eigenvalue weighted by Gasteiger charge is 2.44. The van der Waals surface area contributed by atoms with Crippen molar-refractivity contribution in [2.24, 2.45) is 0 Å². The Bertz CT molecular complexity index is 912. The van der Waals surface area contributed by atoms with Crippen LogP contribution in [0.5, 0.6) is 5.75 Å². The van der Waals surface area contributed by atoms with Crippen LogP contribution < -0.4 is 10.1 Å². The first kappa shape index (κ1) is 24.7. The minimum Gasteiger partial charge on any atom is -0.483 e. The van der Waals surface area contributed by atoms with Gasteiger partial charge >= 0.3 is 6.18 Å². The number of halogens is 4. The zero-order valence-electron chi connectivity index (χ0n) is 18.8. The van der Waals surface area contributed by atoms with Gasteiger partial charge in [-0.25, -0.2) is 4.39 Å². The number of amides is 1. The topological polar surface area (TPSA) is 74.6 Å². The summed E-state index contributed by atoms with van der Waals surface area (Å²) in [5, 5.41) is 11.5. The molecule has 3 heterocycles. The van der Waals surface area contributed by atoms with Gasteiger partial charge in [-0.3, -0.25) is 4.79 Å². The average Bonchev–Trinajstić information content (AvgIpc) is 2.82. The monoisotopic (exact) mass is 483 g/mol. The predicted molar refractivity (Wildman–Crippen MR) is 115 cm³/mol. The highest BCUT2D eigenvalue weighted by atomic mass is 19.4. The second-order valence-electron chi connectivity index (χ2n) is 9.27. The van der Waals surface area contributed by atoms with Crippen LogP contribution in [0.4, 0.5) is 17.6 Å². The number of fused-ring (bicyclic) bond motifs is 5. The second kappa shape index (κ2) is 10.5. The number of benzene rings is 1. The molecule has 0 radical (unpaired) electrons. The van der Waals surface area contributed by atoms with E-state index in [0.29, 0.717) is 56.4 Å². The Morgan fingerprint density at radius 2 is 1.97 bits per heavy atom. The van der Waals surface area contributed by atoms with E-state index in [9.17, 15) is 22.4 Å². The van der Waals surface area contributed by atoms with Crippen molar-refractivity contribution in [1.29, 1.82) is 5.26 Å². The van der Waals surface area contributed by atoms with Gasteiger partial charge in [-0.1, -0.05) is 6.07 Å². The summed E-state index contributed by atoms with van der Waals surface area (Å²) in [6.07, 6.45) is -1.68. The van der Waals surface area contributed by atoms with Gasteiger partial charge in [0.25, 0.3) is 5.91 Å². The smallest absolute Gasteiger partial charge is 0.404 e. The number of piperidine rings is 1. The lowest BCUT2D eigenvalue weighted by Crippen LogP contribution is -2.62. The molecule has 4 aliphatic rings. The molecule has 0 aromatic heterocycles. The molecule has 10 heteroatoms. The number of nitrogens with zero attached hydrogens (tertiary/aromatic N) is 2. The third-order valence-corrected chi connectivity index (χ3v) is 7.15. The predicted octanol–water partition coefficient (Wildman–Crippen LogP) is 4.05. The van der Waals surface area contributed by atoms with Crippen LogP contribution in [0.1, 0.15) is 56.4 Å². The first-order valence-corrected chi connectivity index (χ1v) is 11.8. The summed E-state index contributed by atoms with van der Waals surface area (Å²) in [7, 11) is 0. The average molecular weight is 484 g/mol. The molecule has 6 nitrogen and oxygen atoms in total. The number of carbonyl (C=O) groups is 1. The van der Waals surface area contributed by atoms with Crippen molar-refractivity contribution in [2.45, 2.75) is 81.3 Å². The molecule has 2 bridgehead atoms. The molecule has 3 aliphatic heterocycles. The van der Waals surface area contributed by atoms with E-state index in [0.717, 1.165) is 0 Å². The molecule has 1 aromatic carbocycles. The molecular formula is C24H29F4N3O3.